The summed E-state index contributed by atoms with van der Waals surface area (Å²) in [6.45, 7) is 2.01. The Labute approximate surface area is 114 Å². The molecule has 0 fully saturated rings. The van der Waals surface area contributed by atoms with E-state index < -0.39 is 0 Å². The first-order valence-corrected chi connectivity index (χ1v) is 6.17. The summed E-state index contributed by atoms with van der Waals surface area (Å²) in [6, 6.07) is 7.27. The third-order valence-corrected chi connectivity index (χ3v) is 3.17. The first kappa shape index (κ1) is 11.5. The minimum Gasteiger partial charge on any atom is -0.336 e. The Morgan fingerprint density at radius 2 is 1.83 bits per heavy atom. The molecule has 0 aliphatic carbocycles. The van der Waals surface area contributed by atoms with Crippen molar-refractivity contribution in [3.8, 4) is 11.4 Å². The number of halogens is 2. The molecule has 2 heterocycles. The Hall–Kier alpha value is -1.58. The fourth-order valence-corrected chi connectivity index (χ4v) is 2.39. The van der Waals surface area contributed by atoms with E-state index in [2.05, 4.69) is 15.0 Å². The van der Waals surface area contributed by atoms with Crippen molar-refractivity contribution in [2.75, 3.05) is 0 Å². The van der Waals surface area contributed by atoms with Gasteiger partial charge in [-0.2, -0.15) is 0 Å². The minimum atomic E-state index is 0.586. The molecule has 0 unspecified atom stereocenters. The second-order valence-electron chi connectivity index (χ2n) is 4.07. The van der Waals surface area contributed by atoms with Crippen LogP contribution in [0, 0.1) is 6.92 Å². The number of nitrogens with zero attached hydrogens (tertiary/aromatic N) is 2. The lowest BCUT2D eigenvalue weighted by molar-refractivity contribution is 1.30. The van der Waals surface area contributed by atoms with Crippen molar-refractivity contribution in [3.63, 3.8) is 0 Å². The smallest absolute Gasteiger partial charge is 0.178 e. The molecule has 0 spiro atoms. The zero-order valence-corrected chi connectivity index (χ0v) is 11.0. The number of nitrogens with one attached hydrogen (secondary N) is 1. The van der Waals surface area contributed by atoms with Crippen LogP contribution in [0.3, 0.4) is 0 Å². The predicted octanol–water partition coefficient (Wildman–Crippen LogP) is 4.24. The number of rotatable bonds is 1. The van der Waals surface area contributed by atoms with E-state index in [0.717, 1.165) is 22.5 Å². The summed E-state index contributed by atoms with van der Waals surface area (Å²) in [6.07, 6.45) is 1.74. The molecular formula is C13H9Cl2N3. The number of pyridine rings is 1. The number of imidazole rings is 1. The van der Waals surface area contributed by atoms with Crippen molar-refractivity contribution in [1.82, 2.24) is 15.0 Å². The van der Waals surface area contributed by atoms with E-state index >= 15 is 0 Å². The Bertz CT molecular complexity index is 714. The van der Waals surface area contributed by atoms with Crippen molar-refractivity contribution < 1.29 is 0 Å². The lowest BCUT2D eigenvalue weighted by atomic mass is 10.2. The summed E-state index contributed by atoms with van der Waals surface area (Å²) in [5.41, 5.74) is 3.58. The van der Waals surface area contributed by atoms with Crippen LogP contribution in [0.5, 0.6) is 0 Å². The second-order valence-corrected chi connectivity index (χ2v) is 4.94. The van der Waals surface area contributed by atoms with Crippen molar-refractivity contribution >= 4 is 34.4 Å². The summed E-state index contributed by atoms with van der Waals surface area (Å²) >= 11 is 12.0. The summed E-state index contributed by atoms with van der Waals surface area (Å²) in [5, 5.41) is 1.17. The van der Waals surface area contributed by atoms with Crippen molar-refractivity contribution in [1.29, 1.82) is 0 Å². The second kappa shape index (κ2) is 4.26. The summed E-state index contributed by atoms with van der Waals surface area (Å²) in [4.78, 5) is 11.9. The van der Waals surface area contributed by atoms with Crippen LogP contribution in [0.1, 0.15) is 5.56 Å². The van der Waals surface area contributed by atoms with Gasteiger partial charge in [-0.05, 0) is 36.8 Å². The van der Waals surface area contributed by atoms with Gasteiger partial charge >= 0.3 is 0 Å². The van der Waals surface area contributed by atoms with E-state index in [4.69, 9.17) is 23.2 Å². The fraction of sp³-hybridized carbons (Fsp3) is 0.0769. The van der Waals surface area contributed by atoms with Crippen molar-refractivity contribution in [3.05, 3.63) is 46.1 Å². The van der Waals surface area contributed by atoms with Gasteiger partial charge in [0, 0.05) is 21.8 Å². The van der Waals surface area contributed by atoms with Crippen LogP contribution in [0.25, 0.3) is 22.6 Å². The Morgan fingerprint density at radius 1 is 1.11 bits per heavy atom. The van der Waals surface area contributed by atoms with E-state index in [9.17, 15) is 0 Å². The van der Waals surface area contributed by atoms with E-state index in [-0.39, 0.29) is 0 Å². The summed E-state index contributed by atoms with van der Waals surface area (Å²) in [7, 11) is 0. The van der Waals surface area contributed by atoms with Gasteiger partial charge in [0.15, 0.2) is 5.65 Å². The van der Waals surface area contributed by atoms with Gasteiger partial charge in [-0.3, -0.25) is 0 Å². The van der Waals surface area contributed by atoms with E-state index in [0.29, 0.717) is 15.7 Å². The largest absolute Gasteiger partial charge is 0.336 e. The van der Waals surface area contributed by atoms with Gasteiger partial charge in [0.1, 0.15) is 5.82 Å². The molecule has 5 heteroatoms. The van der Waals surface area contributed by atoms with E-state index in [1.54, 1.807) is 12.3 Å². The first-order chi connectivity index (χ1) is 8.63. The van der Waals surface area contributed by atoms with Gasteiger partial charge in [0.2, 0.25) is 0 Å². The molecule has 1 N–H and O–H groups in total. The van der Waals surface area contributed by atoms with Gasteiger partial charge < -0.3 is 4.98 Å². The van der Waals surface area contributed by atoms with E-state index in [1.165, 1.54) is 0 Å². The third kappa shape index (κ3) is 1.96. The first-order valence-electron chi connectivity index (χ1n) is 5.41. The van der Waals surface area contributed by atoms with Gasteiger partial charge in [-0.25, -0.2) is 9.97 Å². The fourth-order valence-electron chi connectivity index (χ4n) is 1.86. The van der Waals surface area contributed by atoms with Gasteiger partial charge in [0.05, 0.1) is 5.52 Å². The summed E-state index contributed by atoms with van der Waals surface area (Å²) in [5.74, 6) is 0.719. The van der Waals surface area contributed by atoms with Crippen LogP contribution in [0.15, 0.2) is 30.5 Å². The standard InChI is InChI=1S/C13H9Cl2N3/c1-7-2-3-16-13-11(7)17-12(18-13)8-4-9(14)6-10(15)5-8/h2-6H,1H3,(H,16,17,18). The minimum absolute atomic E-state index is 0.586. The Morgan fingerprint density at radius 3 is 2.50 bits per heavy atom. The molecule has 1 aromatic carbocycles. The maximum atomic E-state index is 5.99. The van der Waals surface area contributed by atoms with Crippen LogP contribution in [-0.4, -0.2) is 15.0 Å². The van der Waals surface area contributed by atoms with Crippen LogP contribution < -0.4 is 0 Å². The quantitative estimate of drug-likeness (QED) is 0.723. The topological polar surface area (TPSA) is 41.6 Å². The van der Waals surface area contributed by atoms with Crippen molar-refractivity contribution in [2.45, 2.75) is 6.92 Å². The number of aromatic amines is 1. The average Bonchev–Trinajstić information content (AvgIpc) is 2.73. The van der Waals surface area contributed by atoms with Crippen LogP contribution in [0.4, 0.5) is 0 Å². The molecule has 0 aliphatic heterocycles. The number of fused-ring (bicyclic) bond motifs is 1. The highest BCUT2D eigenvalue weighted by Gasteiger charge is 2.09. The molecule has 0 saturated heterocycles. The monoisotopic (exact) mass is 277 g/mol. The lowest BCUT2D eigenvalue weighted by Crippen LogP contribution is -1.81. The molecule has 3 aromatic rings. The maximum Gasteiger partial charge on any atom is 0.178 e. The van der Waals surface area contributed by atoms with Gasteiger partial charge in [-0.15, -0.1) is 0 Å². The Kier molecular flexibility index (Phi) is 2.73. The highest BCUT2D eigenvalue weighted by atomic mass is 35.5. The molecule has 3 nitrogen and oxygen atoms in total. The number of hydrogen-bond donors (Lipinski definition) is 1. The van der Waals surface area contributed by atoms with Gasteiger partial charge in [0.25, 0.3) is 0 Å². The lowest BCUT2D eigenvalue weighted by Gasteiger charge is -1.99. The zero-order chi connectivity index (χ0) is 12.7. The zero-order valence-electron chi connectivity index (χ0n) is 9.54. The molecule has 18 heavy (non-hydrogen) atoms. The third-order valence-electron chi connectivity index (χ3n) is 2.74. The predicted molar refractivity (Wildman–Crippen MR) is 74.1 cm³/mol. The molecule has 2 aromatic heterocycles. The molecule has 0 atom stereocenters. The average molecular weight is 278 g/mol. The number of hydrogen-bond acceptors (Lipinski definition) is 2. The van der Waals surface area contributed by atoms with Gasteiger partial charge in [-0.1, -0.05) is 23.2 Å². The molecule has 3 rings (SSSR count). The van der Waals surface area contributed by atoms with Crippen LogP contribution in [0.2, 0.25) is 10.0 Å². The van der Waals surface area contributed by atoms with Crippen LogP contribution >= 0.6 is 23.2 Å². The molecule has 0 saturated carbocycles. The number of aromatic nitrogens is 3. The van der Waals surface area contributed by atoms with E-state index in [1.807, 2.05) is 25.1 Å². The van der Waals surface area contributed by atoms with Crippen LogP contribution in [-0.2, 0) is 0 Å². The maximum absolute atomic E-state index is 5.99. The SMILES string of the molecule is Cc1ccnc2nc(-c3cc(Cl)cc(Cl)c3)[nH]c12. The van der Waals surface area contributed by atoms with Crippen molar-refractivity contribution in [2.24, 2.45) is 0 Å². The molecule has 0 amide bonds. The molecule has 0 bridgehead atoms. The highest BCUT2D eigenvalue weighted by Crippen LogP contribution is 2.27. The highest BCUT2D eigenvalue weighted by molar-refractivity contribution is 6.35. The molecular weight excluding hydrogens is 269 g/mol. The normalized spacial score (nSPS) is 11.1. The number of aryl methyl sites for hydroxylation is 1. The Balaban J connectivity index is 2.22. The number of H-pyrrole nitrogens is 1. The molecule has 0 radical (unpaired) electrons. The summed E-state index contributed by atoms with van der Waals surface area (Å²) < 4.78 is 0. The molecule has 0 aliphatic rings. The molecule has 90 valence electrons. The number of benzene rings is 1.